The Morgan fingerprint density at radius 2 is 1.83 bits per heavy atom. The second kappa shape index (κ2) is 6.95. The van der Waals surface area contributed by atoms with E-state index in [1.165, 1.54) is 5.56 Å². The van der Waals surface area contributed by atoms with Crippen molar-refractivity contribution in [1.29, 1.82) is 0 Å². The summed E-state index contributed by atoms with van der Waals surface area (Å²) in [7, 11) is 2.14. The fourth-order valence-corrected chi connectivity index (χ4v) is 3.13. The number of halogens is 1. The Morgan fingerprint density at radius 3 is 2.54 bits per heavy atom. The number of aromatic nitrogens is 2. The molecule has 2 heterocycles. The third kappa shape index (κ3) is 3.47. The molecule has 0 bridgehead atoms. The standard InChI is InChI=1S/C18H24ClN5/c1-13-5-6-14(2)17(11-13)24-18(19)16(15(3)21-24)12-20-23-9-7-22(4)8-10-23/h5-6,11-12H,7-10H2,1-4H3/b20-12+. The zero-order chi connectivity index (χ0) is 17.3. The Labute approximate surface area is 148 Å². The van der Waals surface area contributed by atoms with Crippen molar-refractivity contribution in [2.75, 3.05) is 33.2 Å². The molecule has 0 radical (unpaired) electrons. The van der Waals surface area contributed by atoms with E-state index < -0.39 is 0 Å². The van der Waals surface area contributed by atoms with E-state index >= 15 is 0 Å². The Kier molecular flexibility index (Phi) is 4.92. The average Bonchev–Trinajstić information content (AvgIpc) is 2.84. The summed E-state index contributed by atoms with van der Waals surface area (Å²) in [6.07, 6.45) is 1.84. The predicted octanol–water partition coefficient (Wildman–Crippen LogP) is 3.03. The van der Waals surface area contributed by atoms with E-state index in [1.54, 1.807) is 0 Å². The van der Waals surface area contributed by atoms with E-state index in [1.807, 2.05) is 17.8 Å². The van der Waals surface area contributed by atoms with Gasteiger partial charge in [-0.1, -0.05) is 23.7 Å². The van der Waals surface area contributed by atoms with E-state index in [9.17, 15) is 0 Å². The maximum Gasteiger partial charge on any atom is 0.142 e. The van der Waals surface area contributed by atoms with Crippen molar-refractivity contribution in [1.82, 2.24) is 19.7 Å². The summed E-state index contributed by atoms with van der Waals surface area (Å²) in [4.78, 5) is 2.31. The second-order valence-electron chi connectivity index (χ2n) is 6.49. The highest BCUT2D eigenvalue weighted by molar-refractivity contribution is 6.32. The predicted molar refractivity (Wildman–Crippen MR) is 99.4 cm³/mol. The lowest BCUT2D eigenvalue weighted by Crippen LogP contribution is -2.41. The first kappa shape index (κ1) is 17.0. The lowest BCUT2D eigenvalue weighted by atomic mass is 10.1. The van der Waals surface area contributed by atoms with Gasteiger partial charge in [0.1, 0.15) is 5.15 Å². The van der Waals surface area contributed by atoms with Crippen molar-refractivity contribution in [3.8, 4) is 5.69 Å². The maximum absolute atomic E-state index is 6.61. The normalized spacial score (nSPS) is 16.3. The highest BCUT2D eigenvalue weighted by atomic mass is 35.5. The molecule has 128 valence electrons. The minimum absolute atomic E-state index is 0.610. The molecular weight excluding hydrogens is 322 g/mol. The van der Waals surface area contributed by atoms with Crippen molar-refractivity contribution in [3.63, 3.8) is 0 Å². The summed E-state index contributed by atoms with van der Waals surface area (Å²) in [6.45, 7) is 10.1. The van der Waals surface area contributed by atoms with Crippen LogP contribution in [0.1, 0.15) is 22.4 Å². The van der Waals surface area contributed by atoms with Crippen LogP contribution in [0.15, 0.2) is 23.3 Å². The Hall–Kier alpha value is -1.85. The highest BCUT2D eigenvalue weighted by Gasteiger charge is 2.16. The van der Waals surface area contributed by atoms with Crippen LogP contribution in [0.4, 0.5) is 0 Å². The molecule has 0 amide bonds. The van der Waals surface area contributed by atoms with Crippen molar-refractivity contribution < 1.29 is 0 Å². The van der Waals surface area contributed by atoms with Gasteiger partial charge in [0, 0.05) is 26.2 Å². The second-order valence-corrected chi connectivity index (χ2v) is 6.85. The molecule has 0 atom stereocenters. The third-order valence-corrected chi connectivity index (χ3v) is 4.83. The first-order valence-electron chi connectivity index (χ1n) is 8.26. The fraction of sp³-hybridized carbons (Fsp3) is 0.444. The minimum Gasteiger partial charge on any atom is -0.303 e. The van der Waals surface area contributed by atoms with Crippen molar-refractivity contribution >= 4 is 17.8 Å². The molecule has 1 aromatic heterocycles. The van der Waals surface area contributed by atoms with Gasteiger partial charge >= 0.3 is 0 Å². The summed E-state index contributed by atoms with van der Waals surface area (Å²) in [5, 5.41) is 11.9. The molecule has 1 aromatic carbocycles. The Morgan fingerprint density at radius 1 is 1.12 bits per heavy atom. The van der Waals surface area contributed by atoms with Gasteiger partial charge in [-0.05, 0) is 45.0 Å². The van der Waals surface area contributed by atoms with Crippen LogP contribution in [0.2, 0.25) is 5.15 Å². The number of aryl methyl sites for hydroxylation is 3. The Bertz CT molecular complexity index is 757. The first-order chi connectivity index (χ1) is 11.5. The zero-order valence-corrected chi connectivity index (χ0v) is 15.5. The number of nitrogens with zero attached hydrogens (tertiary/aromatic N) is 5. The number of hydrogen-bond donors (Lipinski definition) is 0. The molecule has 1 saturated heterocycles. The molecular formula is C18H24ClN5. The quantitative estimate of drug-likeness (QED) is 0.802. The van der Waals surface area contributed by atoms with Crippen molar-refractivity contribution in [2.24, 2.45) is 5.10 Å². The van der Waals surface area contributed by atoms with Crippen LogP contribution >= 0.6 is 11.6 Å². The molecule has 3 rings (SSSR count). The fourth-order valence-electron chi connectivity index (χ4n) is 2.82. The van der Waals surface area contributed by atoms with E-state index in [2.05, 4.69) is 59.2 Å². The Balaban J connectivity index is 1.88. The van der Waals surface area contributed by atoms with Gasteiger partial charge in [0.2, 0.25) is 0 Å². The summed E-state index contributed by atoms with van der Waals surface area (Å²) >= 11 is 6.61. The molecule has 0 saturated carbocycles. The van der Waals surface area contributed by atoms with Crippen LogP contribution < -0.4 is 0 Å². The van der Waals surface area contributed by atoms with Crippen LogP contribution in [-0.4, -0.2) is 59.1 Å². The largest absolute Gasteiger partial charge is 0.303 e. The van der Waals surface area contributed by atoms with Crippen LogP contribution in [0.25, 0.3) is 5.69 Å². The minimum atomic E-state index is 0.610. The van der Waals surface area contributed by atoms with Crippen LogP contribution in [0.3, 0.4) is 0 Å². The molecule has 0 aliphatic carbocycles. The molecule has 1 fully saturated rings. The SMILES string of the molecule is Cc1ccc(C)c(-n2nc(C)c(/C=N/N3CCN(C)CC3)c2Cl)c1. The summed E-state index contributed by atoms with van der Waals surface area (Å²) < 4.78 is 1.81. The lowest BCUT2D eigenvalue weighted by Gasteiger charge is -2.30. The number of piperazine rings is 1. The van der Waals surface area contributed by atoms with Crippen molar-refractivity contribution in [3.05, 3.63) is 45.7 Å². The number of hydrazone groups is 1. The number of rotatable bonds is 3. The summed E-state index contributed by atoms with van der Waals surface area (Å²) in [5.41, 5.74) is 5.12. The molecule has 0 N–H and O–H groups in total. The molecule has 2 aromatic rings. The molecule has 24 heavy (non-hydrogen) atoms. The molecule has 5 nitrogen and oxygen atoms in total. The van der Waals surface area contributed by atoms with E-state index in [0.29, 0.717) is 5.15 Å². The van der Waals surface area contributed by atoms with E-state index in [0.717, 1.165) is 48.7 Å². The number of hydrogen-bond acceptors (Lipinski definition) is 4. The maximum atomic E-state index is 6.61. The summed E-state index contributed by atoms with van der Waals surface area (Å²) in [6, 6.07) is 6.30. The number of likely N-dealkylation sites (N-methyl/N-ethyl adjacent to an activating group) is 1. The van der Waals surface area contributed by atoms with E-state index in [-0.39, 0.29) is 0 Å². The molecule has 1 aliphatic heterocycles. The molecule has 1 aliphatic rings. The van der Waals surface area contributed by atoms with Gasteiger partial charge in [0.25, 0.3) is 0 Å². The summed E-state index contributed by atoms with van der Waals surface area (Å²) in [5.74, 6) is 0. The highest BCUT2D eigenvalue weighted by Crippen LogP contribution is 2.25. The smallest absolute Gasteiger partial charge is 0.142 e. The first-order valence-corrected chi connectivity index (χ1v) is 8.63. The third-order valence-electron chi connectivity index (χ3n) is 4.47. The van der Waals surface area contributed by atoms with Crippen LogP contribution in [0, 0.1) is 20.8 Å². The van der Waals surface area contributed by atoms with Gasteiger partial charge in [-0.3, -0.25) is 5.01 Å². The lowest BCUT2D eigenvalue weighted by molar-refractivity contribution is 0.159. The average molecular weight is 346 g/mol. The zero-order valence-electron chi connectivity index (χ0n) is 14.8. The topological polar surface area (TPSA) is 36.7 Å². The molecule has 6 heteroatoms. The van der Waals surface area contributed by atoms with Gasteiger partial charge in [-0.15, -0.1) is 0 Å². The van der Waals surface area contributed by atoms with Crippen LogP contribution in [0.5, 0.6) is 0 Å². The van der Waals surface area contributed by atoms with Gasteiger partial charge in [0.05, 0.1) is 23.2 Å². The van der Waals surface area contributed by atoms with E-state index in [4.69, 9.17) is 11.6 Å². The van der Waals surface area contributed by atoms with Gasteiger partial charge in [-0.25, -0.2) is 4.68 Å². The van der Waals surface area contributed by atoms with Crippen molar-refractivity contribution in [2.45, 2.75) is 20.8 Å². The van der Waals surface area contributed by atoms with Gasteiger partial charge in [-0.2, -0.15) is 10.2 Å². The monoisotopic (exact) mass is 345 g/mol. The number of benzene rings is 1. The van der Waals surface area contributed by atoms with Gasteiger partial charge < -0.3 is 4.90 Å². The van der Waals surface area contributed by atoms with Crippen LogP contribution in [-0.2, 0) is 0 Å². The molecule has 0 spiro atoms. The molecule has 0 unspecified atom stereocenters. The van der Waals surface area contributed by atoms with Gasteiger partial charge in [0.15, 0.2) is 0 Å².